The fourth-order valence-electron chi connectivity index (χ4n) is 3.49. The summed E-state index contributed by atoms with van der Waals surface area (Å²) in [4.78, 5) is 15.0. The van der Waals surface area contributed by atoms with Gasteiger partial charge in [-0.3, -0.25) is 4.79 Å². The molecule has 0 N–H and O–H groups in total. The molecule has 0 aliphatic carbocycles. The van der Waals surface area contributed by atoms with Gasteiger partial charge in [0, 0.05) is 24.1 Å². The summed E-state index contributed by atoms with van der Waals surface area (Å²) in [5.74, 6) is -6.62. The smallest absolute Gasteiger partial charge is 0.166 e. The monoisotopic (exact) mass is 395 g/mol. The number of nitrogens with zero attached hydrogens (tertiary/aromatic N) is 1. The van der Waals surface area contributed by atoms with Crippen LogP contribution in [0.3, 0.4) is 0 Å². The second kappa shape index (κ2) is 8.43. The fraction of sp³-hybridized carbons (Fsp3) is 0.409. The molecule has 2 aromatic carbocycles. The number of benzene rings is 2. The second-order valence-electron chi connectivity index (χ2n) is 7.41. The first-order valence-corrected chi connectivity index (χ1v) is 9.16. The lowest BCUT2D eigenvalue weighted by Gasteiger charge is -2.38. The molecule has 0 saturated heterocycles. The first kappa shape index (κ1) is 22.1. The van der Waals surface area contributed by atoms with Crippen molar-refractivity contribution in [1.29, 1.82) is 0 Å². The van der Waals surface area contributed by atoms with E-state index in [1.807, 2.05) is 6.92 Å². The van der Waals surface area contributed by atoms with E-state index in [-0.39, 0.29) is 24.9 Å². The molecule has 0 amide bonds. The zero-order valence-corrected chi connectivity index (χ0v) is 16.7. The highest BCUT2D eigenvalue weighted by molar-refractivity contribution is 5.94. The molecule has 2 rings (SSSR count). The maximum Gasteiger partial charge on any atom is 0.166 e. The van der Waals surface area contributed by atoms with Crippen molar-refractivity contribution in [1.82, 2.24) is 4.90 Å². The molecule has 152 valence electrons. The van der Waals surface area contributed by atoms with Crippen molar-refractivity contribution in [3.8, 4) is 0 Å². The summed E-state index contributed by atoms with van der Waals surface area (Å²) in [6.45, 7) is 5.19. The molecule has 0 saturated carbocycles. The third kappa shape index (κ3) is 3.83. The van der Waals surface area contributed by atoms with Crippen LogP contribution in [-0.2, 0) is 10.2 Å². The van der Waals surface area contributed by atoms with Gasteiger partial charge in [0.1, 0.15) is 5.78 Å². The third-order valence-electron chi connectivity index (χ3n) is 5.36. The summed E-state index contributed by atoms with van der Waals surface area (Å²) in [6, 6.07) is 6.46. The van der Waals surface area contributed by atoms with Crippen molar-refractivity contribution in [3.63, 3.8) is 0 Å². The van der Waals surface area contributed by atoms with Crippen LogP contribution in [0.15, 0.2) is 30.3 Å². The van der Waals surface area contributed by atoms with Gasteiger partial charge in [-0.15, -0.1) is 0 Å². The van der Waals surface area contributed by atoms with Gasteiger partial charge in [-0.1, -0.05) is 36.8 Å². The fourth-order valence-corrected chi connectivity index (χ4v) is 3.49. The van der Waals surface area contributed by atoms with Gasteiger partial charge < -0.3 is 4.90 Å². The molecule has 0 spiro atoms. The van der Waals surface area contributed by atoms with Crippen molar-refractivity contribution in [3.05, 3.63) is 70.3 Å². The van der Waals surface area contributed by atoms with Gasteiger partial charge >= 0.3 is 0 Å². The van der Waals surface area contributed by atoms with Gasteiger partial charge in [0.2, 0.25) is 0 Å². The van der Waals surface area contributed by atoms with Crippen molar-refractivity contribution in [2.24, 2.45) is 0 Å². The van der Waals surface area contributed by atoms with Crippen molar-refractivity contribution < 1.29 is 22.4 Å². The Morgan fingerprint density at radius 3 is 1.96 bits per heavy atom. The number of aryl methyl sites for hydroxylation is 1. The number of halogens is 4. The van der Waals surface area contributed by atoms with E-state index in [1.54, 1.807) is 57.1 Å². The largest absolute Gasteiger partial charge is 0.307 e. The number of hydrogen-bond donors (Lipinski definition) is 0. The lowest BCUT2D eigenvalue weighted by atomic mass is 9.66. The van der Waals surface area contributed by atoms with Crippen LogP contribution in [0.25, 0.3) is 0 Å². The molecule has 2 aromatic rings. The van der Waals surface area contributed by atoms with E-state index in [4.69, 9.17) is 0 Å². The molecule has 28 heavy (non-hydrogen) atoms. The SMILES string of the molecule is CCC(=O)[C@](C[C@H](C)N(C)C)(c1ccc(C)cc1)c1c(F)c(F)cc(F)c1F. The number of hydrogen-bond acceptors (Lipinski definition) is 2. The lowest BCUT2D eigenvalue weighted by molar-refractivity contribution is -0.123. The van der Waals surface area contributed by atoms with E-state index in [1.165, 1.54) is 0 Å². The molecule has 0 aliphatic rings. The molecule has 0 radical (unpaired) electrons. The predicted octanol–water partition coefficient (Wildman–Crippen LogP) is 5.16. The first-order valence-electron chi connectivity index (χ1n) is 9.16. The van der Waals surface area contributed by atoms with Crippen LogP contribution in [-0.4, -0.2) is 30.8 Å². The third-order valence-corrected chi connectivity index (χ3v) is 5.36. The van der Waals surface area contributed by atoms with E-state index in [9.17, 15) is 22.4 Å². The van der Waals surface area contributed by atoms with Gasteiger partial charge in [0.15, 0.2) is 23.3 Å². The zero-order valence-electron chi connectivity index (χ0n) is 16.7. The van der Waals surface area contributed by atoms with Crippen molar-refractivity contribution >= 4 is 5.78 Å². The van der Waals surface area contributed by atoms with Gasteiger partial charge in [-0.2, -0.15) is 0 Å². The highest BCUT2D eigenvalue weighted by Gasteiger charge is 2.47. The van der Waals surface area contributed by atoms with Crippen LogP contribution in [0.4, 0.5) is 17.6 Å². The maximum absolute atomic E-state index is 14.9. The summed E-state index contributed by atoms with van der Waals surface area (Å²) in [6.07, 6.45) is -0.0858. The normalized spacial score (nSPS) is 14.8. The number of carbonyl (C=O) groups excluding carboxylic acids is 1. The molecule has 0 aliphatic heterocycles. The Labute approximate surface area is 163 Å². The molecule has 0 unspecified atom stereocenters. The summed E-state index contributed by atoms with van der Waals surface area (Å²) in [7, 11) is 3.53. The Kier molecular flexibility index (Phi) is 6.65. The quantitative estimate of drug-likeness (QED) is 0.477. The van der Waals surface area contributed by atoms with Crippen LogP contribution in [0.2, 0.25) is 0 Å². The second-order valence-corrected chi connectivity index (χ2v) is 7.41. The molecule has 6 heteroatoms. The van der Waals surface area contributed by atoms with E-state index < -0.39 is 40.0 Å². The lowest BCUT2D eigenvalue weighted by Crippen LogP contribution is -2.44. The highest BCUT2D eigenvalue weighted by atomic mass is 19.2. The summed E-state index contributed by atoms with van der Waals surface area (Å²) >= 11 is 0. The van der Waals surface area contributed by atoms with Crippen molar-refractivity contribution in [2.45, 2.75) is 45.1 Å². The minimum atomic E-state index is -1.86. The average molecular weight is 395 g/mol. The van der Waals surface area contributed by atoms with Gasteiger partial charge in [0.05, 0.1) is 5.41 Å². The number of rotatable bonds is 7. The summed E-state index contributed by atoms with van der Waals surface area (Å²) in [5, 5.41) is 0. The minimum Gasteiger partial charge on any atom is -0.307 e. The Hall–Kier alpha value is -2.21. The summed E-state index contributed by atoms with van der Waals surface area (Å²) < 4.78 is 58.0. The molecule has 0 fully saturated rings. The number of carbonyl (C=O) groups is 1. The van der Waals surface area contributed by atoms with Crippen LogP contribution in [0, 0.1) is 30.2 Å². The molecule has 2 atom stereocenters. The molecule has 0 heterocycles. The van der Waals surface area contributed by atoms with E-state index in [0.717, 1.165) is 5.56 Å². The maximum atomic E-state index is 14.9. The Balaban J connectivity index is 2.96. The number of ketones is 1. The molecule has 0 aromatic heterocycles. The first-order chi connectivity index (χ1) is 13.1. The molecular weight excluding hydrogens is 370 g/mol. The van der Waals surface area contributed by atoms with E-state index in [2.05, 4.69) is 0 Å². The Morgan fingerprint density at radius 1 is 1.04 bits per heavy atom. The molecule has 0 bridgehead atoms. The summed E-state index contributed by atoms with van der Waals surface area (Å²) in [5.41, 5.74) is -1.53. The molecular formula is C22H25F4NO. The highest BCUT2D eigenvalue weighted by Crippen LogP contribution is 2.43. The predicted molar refractivity (Wildman–Crippen MR) is 101 cm³/mol. The topological polar surface area (TPSA) is 20.3 Å². The van der Waals surface area contributed by atoms with Gasteiger partial charge in [-0.25, -0.2) is 17.6 Å². The van der Waals surface area contributed by atoms with Gasteiger partial charge in [-0.05, 0) is 39.9 Å². The Bertz CT molecular complexity index is 838. The van der Waals surface area contributed by atoms with Crippen LogP contribution in [0.1, 0.15) is 43.4 Å². The number of Topliss-reactive ketones (excluding diaryl/α,β-unsaturated/α-hetero) is 1. The zero-order chi connectivity index (χ0) is 21.2. The van der Waals surface area contributed by atoms with Crippen LogP contribution >= 0.6 is 0 Å². The van der Waals surface area contributed by atoms with Gasteiger partial charge in [0.25, 0.3) is 0 Å². The van der Waals surface area contributed by atoms with E-state index in [0.29, 0.717) is 5.56 Å². The standard InChI is InChI=1S/C22H25F4NO/c1-6-18(28)22(12-14(3)27(4)5,15-9-7-13(2)8-10-15)19-20(25)16(23)11-17(24)21(19)26/h7-11,14H,6,12H2,1-5H3/t14-,22-/m0/s1. The van der Waals surface area contributed by atoms with E-state index >= 15 is 0 Å². The molecule has 2 nitrogen and oxygen atoms in total. The minimum absolute atomic E-state index is 0.0353. The van der Waals surface area contributed by atoms with Crippen molar-refractivity contribution in [2.75, 3.05) is 14.1 Å². The average Bonchev–Trinajstić information content (AvgIpc) is 2.65. The Morgan fingerprint density at radius 2 is 1.54 bits per heavy atom. The van der Waals surface area contributed by atoms with Crippen LogP contribution < -0.4 is 0 Å². The van der Waals surface area contributed by atoms with Crippen LogP contribution in [0.5, 0.6) is 0 Å².